The van der Waals surface area contributed by atoms with Crippen LogP contribution in [-0.4, -0.2) is 63.7 Å². The summed E-state index contributed by atoms with van der Waals surface area (Å²) in [6, 6.07) is 6.01. The fraction of sp³-hybridized carbons (Fsp3) is 0.455. The van der Waals surface area contributed by atoms with Gasteiger partial charge in [-0.05, 0) is 62.8 Å². The van der Waals surface area contributed by atoms with Gasteiger partial charge in [0.2, 0.25) is 0 Å². The Morgan fingerprint density at radius 1 is 1.14 bits per heavy atom. The van der Waals surface area contributed by atoms with E-state index in [4.69, 9.17) is 9.47 Å². The molecule has 0 saturated carbocycles. The van der Waals surface area contributed by atoms with E-state index in [1.807, 2.05) is 32.4 Å². The van der Waals surface area contributed by atoms with Gasteiger partial charge in [-0.15, -0.1) is 0 Å². The summed E-state index contributed by atoms with van der Waals surface area (Å²) in [6.45, 7) is 3.20. The maximum Gasteiger partial charge on any atom is 0.252 e. The highest BCUT2D eigenvalue weighted by molar-refractivity contribution is 5.94. The van der Waals surface area contributed by atoms with E-state index < -0.39 is 0 Å². The van der Waals surface area contributed by atoms with Crippen LogP contribution < -0.4 is 19.7 Å². The highest BCUT2D eigenvalue weighted by Gasteiger charge is 2.20. The molecule has 1 amide bonds. The number of amides is 1. The monoisotopic (exact) mass is 398 g/mol. The number of aromatic nitrogens is 1. The van der Waals surface area contributed by atoms with Gasteiger partial charge in [0.15, 0.2) is 11.5 Å². The molecular formula is C22H30N4O3. The minimum atomic E-state index is -0.0816. The minimum Gasteiger partial charge on any atom is -0.493 e. The maximum atomic E-state index is 12.5. The summed E-state index contributed by atoms with van der Waals surface area (Å²) in [5.41, 5.74) is 4.01. The van der Waals surface area contributed by atoms with Gasteiger partial charge in [-0.25, -0.2) is 0 Å². The molecule has 0 saturated heterocycles. The smallest absolute Gasteiger partial charge is 0.252 e. The van der Waals surface area contributed by atoms with E-state index >= 15 is 0 Å². The van der Waals surface area contributed by atoms with Crippen molar-refractivity contribution < 1.29 is 14.3 Å². The molecule has 0 bridgehead atoms. The molecule has 3 rings (SSSR count). The Balaban J connectivity index is 1.69. The van der Waals surface area contributed by atoms with E-state index in [1.165, 1.54) is 11.1 Å². The van der Waals surface area contributed by atoms with Crippen molar-refractivity contribution in [2.75, 3.05) is 52.8 Å². The Hall–Kier alpha value is -2.80. The number of carbonyl (C=O) groups excluding carboxylic acids is 1. The summed E-state index contributed by atoms with van der Waals surface area (Å²) in [5, 5.41) is 2.97. The zero-order valence-corrected chi connectivity index (χ0v) is 17.7. The molecule has 1 aliphatic rings. The summed E-state index contributed by atoms with van der Waals surface area (Å²) in [7, 11) is 7.35. The number of nitrogens with one attached hydrogen (secondary N) is 1. The molecule has 1 aromatic heterocycles. The van der Waals surface area contributed by atoms with Crippen LogP contribution in [0.1, 0.15) is 27.9 Å². The Morgan fingerprint density at radius 2 is 1.86 bits per heavy atom. The van der Waals surface area contributed by atoms with Gasteiger partial charge in [0, 0.05) is 25.8 Å². The van der Waals surface area contributed by atoms with Crippen molar-refractivity contribution in [2.24, 2.45) is 0 Å². The molecule has 7 heteroatoms. The summed E-state index contributed by atoms with van der Waals surface area (Å²) >= 11 is 0. The first-order valence-corrected chi connectivity index (χ1v) is 9.88. The zero-order valence-electron chi connectivity index (χ0n) is 17.7. The third-order valence-electron chi connectivity index (χ3n) is 5.14. The van der Waals surface area contributed by atoms with Crippen LogP contribution in [-0.2, 0) is 13.0 Å². The van der Waals surface area contributed by atoms with Crippen LogP contribution in [0.25, 0.3) is 0 Å². The van der Waals surface area contributed by atoms with Crippen LogP contribution in [0.15, 0.2) is 30.6 Å². The van der Waals surface area contributed by atoms with E-state index in [9.17, 15) is 4.79 Å². The molecule has 0 atom stereocenters. The van der Waals surface area contributed by atoms with Gasteiger partial charge in [-0.1, -0.05) is 0 Å². The molecule has 1 N–H and O–H groups in total. The topological polar surface area (TPSA) is 66.9 Å². The van der Waals surface area contributed by atoms with Crippen LogP contribution in [0.4, 0.5) is 5.69 Å². The highest BCUT2D eigenvalue weighted by atomic mass is 16.5. The zero-order chi connectivity index (χ0) is 20.8. The third-order valence-corrected chi connectivity index (χ3v) is 5.14. The average molecular weight is 399 g/mol. The van der Waals surface area contributed by atoms with Gasteiger partial charge < -0.3 is 24.6 Å². The van der Waals surface area contributed by atoms with Crippen LogP contribution in [0, 0.1) is 0 Å². The number of carbonyl (C=O) groups is 1. The number of benzene rings is 1. The van der Waals surface area contributed by atoms with Crippen LogP contribution >= 0.6 is 0 Å². The van der Waals surface area contributed by atoms with Crippen molar-refractivity contribution in [1.82, 2.24) is 15.2 Å². The Morgan fingerprint density at radius 3 is 2.55 bits per heavy atom. The molecule has 0 unspecified atom stereocenters. The molecule has 2 heterocycles. The van der Waals surface area contributed by atoms with Crippen molar-refractivity contribution in [1.29, 1.82) is 0 Å². The normalized spacial score (nSPS) is 13.2. The van der Waals surface area contributed by atoms with Crippen molar-refractivity contribution in [3.63, 3.8) is 0 Å². The first-order valence-electron chi connectivity index (χ1n) is 9.88. The molecule has 29 heavy (non-hydrogen) atoms. The number of nitrogens with zero attached hydrogens (tertiary/aromatic N) is 3. The number of rotatable bonds is 8. The van der Waals surface area contributed by atoms with E-state index in [0.717, 1.165) is 49.7 Å². The van der Waals surface area contributed by atoms with Crippen LogP contribution in [0.5, 0.6) is 11.5 Å². The number of hydrogen-bond acceptors (Lipinski definition) is 6. The number of fused-ring (bicyclic) bond motifs is 1. The summed E-state index contributed by atoms with van der Waals surface area (Å²) in [6.07, 6.45) is 5.25. The fourth-order valence-corrected chi connectivity index (χ4v) is 3.53. The van der Waals surface area contributed by atoms with E-state index in [2.05, 4.69) is 26.2 Å². The molecular weight excluding hydrogens is 368 g/mol. The fourth-order valence-electron chi connectivity index (χ4n) is 3.53. The maximum absolute atomic E-state index is 12.5. The SMILES string of the molecule is COc1cc2c(cc1OC)CN(c1cncc(C(=O)NCCCN(C)C)c1)CC2. The Labute approximate surface area is 172 Å². The van der Waals surface area contributed by atoms with E-state index in [-0.39, 0.29) is 5.91 Å². The van der Waals surface area contributed by atoms with Gasteiger partial charge in [-0.3, -0.25) is 9.78 Å². The number of hydrogen-bond donors (Lipinski definition) is 1. The predicted molar refractivity (Wildman–Crippen MR) is 114 cm³/mol. The lowest BCUT2D eigenvalue weighted by Gasteiger charge is -2.31. The lowest BCUT2D eigenvalue weighted by molar-refractivity contribution is 0.0952. The van der Waals surface area contributed by atoms with Crippen LogP contribution in [0.2, 0.25) is 0 Å². The molecule has 0 spiro atoms. The molecule has 0 fully saturated rings. The first kappa shape index (κ1) is 20.9. The standard InChI is InChI=1S/C22H30N4O3/c1-25(2)8-5-7-24-22(27)17-10-19(14-23-13-17)26-9-6-16-11-20(28-3)21(29-4)12-18(16)15-26/h10-14H,5-9,15H2,1-4H3,(H,24,27). The van der Waals surface area contributed by atoms with Gasteiger partial charge >= 0.3 is 0 Å². The average Bonchev–Trinajstić information content (AvgIpc) is 2.75. The van der Waals surface area contributed by atoms with Gasteiger partial charge in [0.05, 0.1) is 31.7 Å². The summed E-state index contributed by atoms with van der Waals surface area (Å²) < 4.78 is 10.9. The van der Waals surface area contributed by atoms with Gasteiger partial charge in [0.25, 0.3) is 5.91 Å². The lowest BCUT2D eigenvalue weighted by Crippen LogP contribution is -2.31. The molecule has 2 aromatic rings. The second-order valence-electron chi connectivity index (χ2n) is 7.49. The Bertz CT molecular complexity index is 854. The number of anilines is 1. The summed E-state index contributed by atoms with van der Waals surface area (Å²) in [5.74, 6) is 1.41. The quantitative estimate of drug-likeness (QED) is 0.689. The van der Waals surface area contributed by atoms with Gasteiger partial charge in [0.1, 0.15) is 0 Å². The lowest BCUT2D eigenvalue weighted by atomic mass is 9.98. The highest BCUT2D eigenvalue weighted by Crippen LogP contribution is 2.34. The second-order valence-corrected chi connectivity index (χ2v) is 7.49. The molecule has 0 radical (unpaired) electrons. The largest absolute Gasteiger partial charge is 0.493 e. The van der Waals surface area contributed by atoms with Gasteiger partial charge in [-0.2, -0.15) is 0 Å². The molecule has 1 aromatic carbocycles. The van der Waals surface area contributed by atoms with Crippen molar-refractivity contribution in [2.45, 2.75) is 19.4 Å². The molecule has 156 valence electrons. The Kier molecular flexibility index (Phi) is 6.93. The molecule has 0 aliphatic carbocycles. The van der Waals surface area contributed by atoms with Crippen LogP contribution in [0.3, 0.4) is 0 Å². The third kappa shape index (κ3) is 5.17. The number of pyridine rings is 1. The minimum absolute atomic E-state index is 0.0816. The molecule has 7 nitrogen and oxygen atoms in total. The number of ether oxygens (including phenoxy) is 2. The van der Waals surface area contributed by atoms with E-state index in [0.29, 0.717) is 12.1 Å². The van der Waals surface area contributed by atoms with Crippen molar-refractivity contribution >= 4 is 11.6 Å². The second kappa shape index (κ2) is 9.60. The first-order chi connectivity index (χ1) is 14.0. The molecule has 1 aliphatic heterocycles. The van der Waals surface area contributed by atoms with E-state index in [1.54, 1.807) is 20.4 Å². The van der Waals surface area contributed by atoms with Crippen molar-refractivity contribution in [3.8, 4) is 11.5 Å². The van der Waals surface area contributed by atoms with Crippen molar-refractivity contribution in [3.05, 3.63) is 47.3 Å². The predicted octanol–water partition coefficient (Wildman–Crippen LogP) is 2.34. The summed E-state index contributed by atoms with van der Waals surface area (Å²) in [4.78, 5) is 21.1. The number of methoxy groups -OCH3 is 2.